The Labute approximate surface area is 101 Å². The zero-order chi connectivity index (χ0) is 12.1. The van der Waals surface area contributed by atoms with Crippen molar-refractivity contribution in [3.05, 3.63) is 29.6 Å². The van der Waals surface area contributed by atoms with E-state index in [9.17, 15) is 4.39 Å². The average Bonchev–Trinajstić information content (AvgIpc) is 2.35. The van der Waals surface area contributed by atoms with E-state index in [-0.39, 0.29) is 5.82 Å². The van der Waals surface area contributed by atoms with Gasteiger partial charge in [0.25, 0.3) is 0 Å². The number of ether oxygens (including phenoxy) is 2. The summed E-state index contributed by atoms with van der Waals surface area (Å²) >= 11 is 0. The van der Waals surface area contributed by atoms with Crippen LogP contribution in [-0.2, 0) is 4.74 Å². The molecule has 3 nitrogen and oxygen atoms in total. The molecule has 1 saturated heterocycles. The third kappa shape index (κ3) is 3.68. The first-order valence-electron chi connectivity index (χ1n) is 5.95. The fraction of sp³-hybridized carbons (Fsp3) is 0.538. The molecule has 0 unspecified atom stereocenters. The van der Waals surface area contributed by atoms with E-state index in [4.69, 9.17) is 9.47 Å². The van der Waals surface area contributed by atoms with Crippen LogP contribution in [0.4, 0.5) is 4.39 Å². The minimum absolute atomic E-state index is 0.189. The predicted octanol–water partition coefficient (Wildman–Crippen LogP) is 1.85. The molecule has 2 rings (SSSR count). The number of hydrogen-bond acceptors (Lipinski definition) is 3. The van der Waals surface area contributed by atoms with Gasteiger partial charge in [-0.3, -0.25) is 4.90 Å². The van der Waals surface area contributed by atoms with Crippen LogP contribution in [0.5, 0.6) is 5.75 Å². The van der Waals surface area contributed by atoms with E-state index in [0.717, 1.165) is 38.6 Å². The molecule has 0 amide bonds. The van der Waals surface area contributed by atoms with Crippen molar-refractivity contribution in [2.24, 2.45) is 0 Å². The predicted molar refractivity (Wildman–Crippen MR) is 63.9 cm³/mol. The summed E-state index contributed by atoms with van der Waals surface area (Å²) in [6, 6.07) is 4.84. The Bertz CT molecular complexity index is 364. The summed E-state index contributed by atoms with van der Waals surface area (Å²) in [7, 11) is 0. The van der Waals surface area contributed by atoms with Crippen molar-refractivity contribution in [1.29, 1.82) is 0 Å². The molecular formula is C13H18FNO2. The van der Waals surface area contributed by atoms with Crippen LogP contribution in [0.15, 0.2) is 18.2 Å². The van der Waals surface area contributed by atoms with Crippen LogP contribution in [0.3, 0.4) is 0 Å². The van der Waals surface area contributed by atoms with Crippen molar-refractivity contribution >= 4 is 0 Å². The summed E-state index contributed by atoms with van der Waals surface area (Å²) in [4.78, 5) is 2.31. The van der Waals surface area contributed by atoms with Gasteiger partial charge in [-0.15, -0.1) is 0 Å². The summed E-state index contributed by atoms with van der Waals surface area (Å²) in [5, 5.41) is 0. The lowest BCUT2D eigenvalue weighted by Gasteiger charge is -2.26. The quantitative estimate of drug-likeness (QED) is 0.800. The van der Waals surface area contributed by atoms with E-state index in [1.54, 1.807) is 19.1 Å². The molecule has 94 valence electrons. The smallest absolute Gasteiger partial charge is 0.126 e. The van der Waals surface area contributed by atoms with Gasteiger partial charge in [0.2, 0.25) is 0 Å². The van der Waals surface area contributed by atoms with E-state index in [1.165, 1.54) is 6.07 Å². The number of morpholine rings is 1. The summed E-state index contributed by atoms with van der Waals surface area (Å²) in [6.07, 6.45) is 0. The molecule has 1 heterocycles. The number of halogens is 1. The second-order valence-corrected chi connectivity index (χ2v) is 4.21. The molecule has 0 spiro atoms. The maximum absolute atomic E-state index is 13.0. The van der Waals surface area contributed by atoms with Gasteiger partial charge in [0, 0.05) is 19.6 Å². The lowest BCUT2D eigenvalue weighted by atomic mass is 10.2. The van der Waals surface area contributed by atoms with E-state index in [1.807, 2.05) is 0 Å². The Balaban J connectivity index is 1.75. The summed E-state index contributed by atoms with van der Waals surface area (Å²) in [6.45, 7) is 6.79. The van der Waals surface area contributed by atoms with Crippen LogP contribution in [0.1, 0.15) is 5.56 Å². The Kier molecular flexibility index (Phi) is 4.34. The van der Waals surface area contributed by atoms with Gasteiger partial charge in [-0.05, 0) is 30.7 Å². The van der Waals surface area contributed by atoms with Crippen LogP contribution in [0.25, 0.3) is 0 Å². The number of benzene rings is 1. The molecule has 0 aromatic heterocycles. The highest BCUT2D eigenvalue weighted by atomic mass is 19.1. The van der Waals surface area contributed by atoms with E-state index >= 15 is 0 Å². The normalized spacial score (nSPS) is 17.1. The molecule has 0 bridgehead atoms. The van der Waals surface area contributed by atoms with Crippen molar-refractivity contribution in [3.8, 4) is 5.75 Å². The number of aryl methyl sites for hydroxylation is 1. The third-order valence-corrected chi connectivity index (χ3v) is 2.91. The van der Waals surface area contributed by atoms with Crippen LogP contribution in [0, 0.1) is 12.7 Å². The summed E-state index contributed by atoms with van der Waals surface area (Å²) in [5.74, 6) is 0.544. The topological polar surface area (TPSA) is 21.7 Å². The molecule has 0 radical (unpaired) electrons. The van der Waals surface area contributed by atoms with Gasteiger partial charge < -0.3 is 9.47 Å². The largest absolute Gasteiger partial charge is 0.492 e. The standard InChI is InChI=1S/C13H18FNO2/c1-11-10-12(2-3-13(11)14)17-9-6-15-4-7-16-8-5-15/h2-3,10H,4-9H2,1H3. The fourth-order valence-electron chi connectivity index (χ4n) is 1.82. The number of rotatable bonds is 4. The van der Waals surface area contributed by atoms with Gasteiger partial charge in [-0.1, -0.05) is 0 Å². The SMILES string of the molecule is Cc1cc(OCCN2CCOCC2)ccc1F. The van der Waals surface area contributed by atoms with Crippen LogP contribution in [0.2, 0.25) is 0 Å². The van der Waals surface area contributed by atoms with Crippen molar-refractivity contribution in [1.82, 2.24) is 4.90 Å². The monoisotopic (exact) mass is 239 g/mol. The lowest BCUT2D eigenvalue weighted by Crippen LogP contribution is -2.38. The number of nitrogens with zero attached hydrogens (tertiary/aromatic N) is 1. The highest BCUT2D eigenvalue weighted by Gasteiger charge is 2.09. The highest BCUT2D eigenvalue weighted by molar-refractivity contribution is 5.28. The van der Waals surface area contributed by atoms with E-state index in [2.05, 4.69) is 4.90 Å². The van der Waals surface area contributed by atoms with Gasteiger partial charge in [0.15, 0.2) is 0 Å². The molecule has 1 aromatic carbocycles. The molecule has 1 fully saturated rings. The Morgan fingerprint density at radius 2 is 2.12 bits per heavy atom. The van der Waals surface area contributed by atoms with Crippen molar-refractivity contribution < 1.29 is 13.9 Å². The molecule has 0 atom stereocenters. The van der Waals surface area contributed by atoms with Crippen LogP contribution in [-0.4, -0.2) is 44.4 Å². The van der Waals surface area contributed by atoms with E-state index < -0.39 is 0 Å². The first-order valence-corrected chi connectivity index (χ1v) is 5.95. The summed E-state index contributed by atoms with van der Waals surface area (Å²) < 4.78 is 23.9. The Morgan fingerprint density at radius 3 is 2.82 bits per heavy atom. The van der Waals surface area contributed by atoms with Crippen molar-refractivity contribution in [3.63, 3.8) is 0 Å². The first kappa shape index (κ1) is 12.3. The molecule has 0 N–H and O–H groups in total. The zero-order valence-electron chi connectivity index (χ0n) is 10.1. The summed E-state index contributed by atoms with van der Waals surface area (Å²) in [5.41, 5.74) is 0.619. The lowest BCUT2D eigenvalue weighted by molar-refractivity contribution is 0.0322. The van der Waals surface area contributed by atoms with E-state index in [0.29, 0.717) is 12.2 Å². The Hall–Kier alpha value is -1.13. The van der Waals surface area contributed by atoms with Gasteiger partial charge in [0.1, 0.15) is 18.2 Å². The van der Waals surface area contributed by atoms with Crippen LogP contribution >= 0.6 is 0 Å². The highest BCUT2D eigenvalue weighted by Crippen LogP contribution is 2.15. The minimum atomic E-state index is -0.189. The minimum Gasteiger partial charge on any atom is -0.492 e. The molecule has 4 heteroatoms. The second kappa shape index (κ2) is 5.98. The molecule has 17 heavy (non-hydrogen) atoms. The van der Waals surface area contributed by atoms with Gasteiger partial charge in [-0.25, -0.2) is 4.39 Å². The maximum atomic E-state index is 13.0. The zero-order valence-corrected chi connectivity index (χ0v) is 10.1. The van der Waals surface area contributed by atoms with Gasteiger partial charge in [-0.2, -0.15) is 0 Å². The van der Waals surface area contributed by atoms with Crippen LogP contribution < -0.4 is 4.74 Å². The molecule has 0 saturated carbocycles. The van der Waals surface area contributed by atoms with Gasteiger partial charge >= 0.3 is 0 Å². The molecular weight excluding hydrogens is 221 g/mol. The molecule has 1 aliphatic rings. The Morgan fingerprint density at radius 1 is 1.35 bits per heavy atom. The molecule has 0 aliphatic carbocycles. The third-order valence-electron chi connectivity index (χ3n) is 2.91. The average molecular weight is 239 g/mol. The molecule has 1 aromatic rings. The van der Waals surface area contributed by atoms with Crippen molar-refractivity contribution in [2.75, 3.05) is 39.5 Å². The maximum Gasteiger partial charge on any atom is 0.126 e. The first-order chi connectivity index (χ1) is 8.25. The van der Waals surface area contributed by atoms with Crippen molar-refractivity contribution in [2.45, 2.75) is 6.92 Å². The number of hydrogen-bond donors (Lipinski definition) is 0. The van der Waals surface area contributed by atoms with Gasteiger partial charge in [0.05, 0.1) is 13.2 Å². The fourth-order valence-corrected chi connectivity index (χ4v) is 1.82. The molecule has 1 aliphatic heterocycles. The second-order valence-electron chi connectivity index (χ2n) is 4.21.